The lowest BCUT2D eigenvalue weighted by Gasteiger charge is -2.15. The highest BCUT2D eigenvalue weighted by Gasteiger charge is 2.33. The van der Waals surface area contributed by atoms with Crippen molar-refractivity contribution in [2.75, 3.05) is 11.9 Å². The van der Waals surface area contributed by atoms with E-state index in [1.807, 2.05) is 43.7 Å². The number of carbonyl (C=O) groups is 1. The molecule has 3 aromatic rings. The van der Waals surface area contributed by atoms with E-state index in [1.165, 1.54) is 18.1 Å². The maximum atomic E-state index is 13.4. The summed E-state index contributed by atoms with van der Waals surface area (Å²) in [6.07, 6.45) is 4.33. The number of rotatable bonds is 9. The molecule has 3 N–H and O–H groups in total. The molecule has 1 fully saturated rings. The molecule has 2 heterocycles. The molecule has 0 spiro atoms. The second-order valence-electron chi connectivity index (χ2n) is 9.26. The summed E-state index contributed by atoms with van der Waals surface area (Å²) >= 11 is 0. The van der Waals surface area contributed by atoms with Gasteiger partial charge in [-0.3, -0.25) is 13.7 Å². The van der Waals surface area contributed by atoms with Crippen LogP contribution >= 0.6 is 0 Å². The van der Waals surface area contributed by atoms with Crippen molar-refractivity contribution in [2.24, 2.45) is 17.0 Å². The molecule has 10 nitrogen and oxygen atoms in total. The Morgan fingerprint density at radius 2 is 2.06 bits per heavy atom. The Labute approximate surface area is 205 Å². The summed E-state index contributed by atoms with van der Waals surface area (Å²) < 4.78 is 28.9. The molecule has 0 bridgehead atoms. The predicted octanol–water partition coefficient (Wildman–Crippen LogP) is 2.62. The summed E-state index contributed by atoms with van der Waals surface area (Å²) in [7, 11) is -3.98. The quantitative estimate of drug-likeness (QED) is 0.429. The Balaban J connectivity index is 1.48. The summed E-state index contributed by atoms with van der Waals surface area (Å²) in [6.45, 7) is 6.60. The fourth-order valence-electron chi connectivity index (χ4n) is 4.57. The fourth-order valence-corrected chi connectivity index (χ4v) is 4.94. The number of anilines is 1. The first-order valence-electron chi connectivity index (χ1n) is 11.5. The number of nitrogens with zero attached hydrogens (tertiary/aromatic N) is 4. The van der Waals surface area contributed by atoms with Crippen LogP contribution in [0.25, 0.3) is 0 Å². The molecule has 1 aromatic carbocycles. The van der Waals surface area contributed by atoms with Gasteiger partial charge in [-0.2, -0.15) is 13.5 Å². The lowest BCUT2D eigenvalue weighted by molar-refractivity contribution is 0.103. The third-order valence-corrected chi connectivity index (χ3v) is 6.89. The van der Waals surface area contributed by atoms with Crippen molar-refractivity contribution in [1.29, 1.82) is 0 Å². The molecular weight excluding hydrogens is 468 g/mol. The molecule has 35 heavy (non-hydrogen) atoms. The van der Waals surface area contributed by atoms with Gasteiger partial charge in [0, 0.05) is 17.9 Å². The third kappa shape index (κ3) is 6.30. The first-order chi connectivity index (χ1) is 16.6. The summed E-state index contributed by atoms with van der Waals surface area (Å²) in [5.74, 6) is 0.405. The number of nitrogens with one attached hydrogen (secondary N) is 1. The van der Waals surface area contributed by atoms with Gasteiger partial charge in [-0.05, 0) is 50.2 Å². The standard InChI is InChI=1S/C24H30N6O4S/c1-15-5-4-6-18(7-15)12-30-17(3)9-22(29-30)23(31)21-11-26-14-27-24(21)28-20-8-16(2)19(10-20)13-34-35(25,32)33/h4-7,9,11,14,16,19-20H,8,10,12-13H2,1-3H3,(H2,25,32,33)(H,26,27,28). The van der Waals surface area contributed by atoms with E-state index < -0.39 is 10.3 Å². The minimum Gasteiger partial charge on any atom is -0.367 e. The number of aryl methyl sites for hydroxylation is 2. The molecule has 2 aromatic heterocycles. The first kappa shape index (κ1) is 25.0. The lowest BCUT2D eigenvalue weighted by atomic mass is 10.00. The molecule has 0 aliphatic heterocycles. The first-order valence-corrected chi connectivity index (χ1v) is 12.9. The monoisotopic (exact) mass is 498 g/mol. The van der Waals surface area contributed by atoms with Gasteiger partial charge in [-0.25, -0.2) is 15.1 Å². The average Bonchev–Trinajstić information content (AvgIpc) is 3.33. The van der Waals surface area contributed by atoms with Crippen LogP contribution < -0.4 is 10.5 Å². The fraction of sp³-hybridized carbons (Fsp3) is 0.417. The smallest absolute Gasteiger partial charge is 0.333 e. The SMILES string of the molecule is Cc1cccc(Cn2nc(C(=O)c3cncnc3NC3CC(C)C(COS(N)(=O)=O)C3)cc2C)c1. The van der Waals surface area contributed by atoms with Crippen molar-refractivity contribution in [3.63, 3.8) is 0 Å². The van der Waals surface area contributed by atoms with Crippen molar-refractivity contribution in [3.05, 3.63) is 70.9 Å². The van der Waals surface area contributed by atoms with Crippen molar-refractivity contribution in [2.45, 2.75) is 46.2 Å². The van der Waals surface area contributed by atoms with Gasteiger partial charge in [0.25, 0.3) is 0 Å². The van der Waals surface area contributed by atoms with Crippen LogP contribution in [0, 0.1) is 25.7 Å². The summed E-state index contributed by atoms with van der Waals surface area (Å²) in [4.78, 5) is 21.7. The van der Waals surface area contributed by atoms with Crippen LogP contribution in [0.1, 0.15) is 52.6 Å². The van der Waals surface area contributed by atoms with Crippen LogP contribution in [0.5, 0.6) is 0 Å². The third-order valence-electron chi connectivity index (χ3n) is 6.42. The number of ketones is 1. The second kappa shape index (κ2) is 10.2. The van der Waals surface area contributed by atoms with Gasteiger partial charge < -0.3 is 5.32 Å². The zero-order valence-corrected chi connectivity index (χ0v) is 20.8. The van der Waals surface area contributed by atoms with Gasteiger partial charge in [0.15, 0.2) is 0 Å². The highest BCUT2D eigenvalue weighted by molar-refractivity contribution is 7.84. The Hall–Kier alpha value is -3.15. The summed E-state index contributed by atoms with van der Waals surface area (Å²) in [5, 5.41) is 12.9. The maximum absolute atomic E-state index is 13.4. The Morgan fingerprint density at radius 1 is 1.26 bits per heavy atom. The van der Waals surface area contributed by atoms with Crippen LogP contribution in [-0.2, 0) is 21.0 Å². The number of nitrogens with two attached hydrogens (primary N) is 1. The van der Waals surface area contributed by atoms with Crippen molar-refractivity contribution < 1.29 is 17.4 Å². The van der Waals surface area contributed by atoms with E-state index in [0.717, 1.165) is 17.7 Å². The van der Waals surface area contributed by atoms with E-state index in [4.69, 9.17) is 9.32 Å². The van der Waals surface area contributed by atoms with Gasteiger partial charge in [0.1, 0.15) is 17.8 Å². The highest BCUT2D eigenvalue weighted by Crippen LogP contribution is 2.34. The molecule has 4 rings (SSSR count). The van der Waals surface area contributed by atoms with E-state index in [2.05, 4.69) is 26.4 Å². The number of hydrogen-bond acceptors (Lipinski definition) is 8. The Bertz CT molecular complexity index is 1320. The minimum atomic E-state index is -3.98. The zero-order valence-electron chi connectivity index (χ0n) is 20.0. The molecule has 0 amide bonds. The maximum Gasteiger partial charge on any atom is 0.333 e. The molecule has 1 aliphatic rings. The normalized spacial score (nSPS) is 20.2. The van der Waals surface area contributed by atoms with Crippen molar-refractivity contribution in [1.82, 2.24) is 19.7 Å². The zero-order chi connectivity index (χ0) is 25.2. The molecule has 186 valence electrons. The highest BCUT2D eigenvalue weighted by atomic mass is 32.2. The van der Waals surface area contributed by atoms with Gasteiger partial charge in [-0.1, -0.05) is 36.8 Å². The second-order valence-corrected chi connectivity index (χ2v) is 10.5. The Morgan fingerprint density at radius 3 is 2.80 bits per heavy atom. The minimum absolute atomic E-state index is 0.00106. The van der Waals surface area contributed by atoms with E-state index in [1.54, 1.807) is 6.07 Å². The molecule has 3 unspecified atom stereocenters. The topological polar surface area (TPSA) is 142 Å². The molecule has 0 saturated heterocycles. The molecule has 0 radical (unpaired) electrons. The van der Waals surface area contributed by atoms with Crippen LogP contribution in [0.15, 0.2) is 42.9 Å². The van der Waals surface area contributed by atoms with E-state index >= 15 is 0 Å². The van der Waals surface area contributed by atoms with Crippen LogP contribution in [0.4, 0.5) is 5.82 Å². The largest absolute Gasteiger partial charge is 0.367 e. The number of benzene rings is 1. The summed E-state index contributed by atoms with van der Waals surface area (Å²) in [5.41, 5.74) is 3.82. The Kier molecular flexibility index (Phi) is 7.29. The van der Waals surface area contributed by atoms with Gasteiger partial charge in [0.2, 0.25) is 5.78 Å². The average molecular weight is 499 g/mol. The van der Waals surface area contributed by atoms with E-state index in [9.17, 15) is 13.2 Å². The number of carbonyl (C=O) groups excluding carboxylic acids is 1. The number of aromatic nitrogens is 4. The molecule has 1 aliphatic carbocycles. The lowest BCUT2D eigenvalue weighted by Crippen LogP contribution is -2.22. The van der Waals surface area contributed by atoms with E-state index in [0.29, 0.717) is 30.0 Å². The molecule has 3 atom stereocenters. The van der Waals surface area contributed by atoms with Crippen LogP contribution in [0.2, 0.25) is 0 Å². The van der Waals surface area contributed by atoms with Gasteiger partial charge in [0.05, 0.1) is 18.7 Å². The molecule has 1 saturated carbocycles. The van der Waals surface area contributed by atoms with Crippen LogP contribution in [-0.4, -0.2) is 46.6 Å². The van der Waals surface area contributed by atoms with E-state index in [-0.39, 0.29) is 30.3 Å². The molecule has 11 heteroatoms. The molecular formula is C24H30N6O4S. The van der Waals surface area contributed by atoms with Gasteiger partial charge in [-0.15, -0.1) is 0 Å². The van der Waals surface area contributed by atoms with Crippen molar-refractivity contribution >= 4 is 21.9 Å². The van der Waals surface area contributed by atoms with Gasteiger partial charge >= 0.3 is 10.3 Å². The number of hydrogen-bond donors (Lipinski definition) is 2. The van der Waals surface area contributed by atoms with Crippen LogP contribution in [0.3, 0.4) is 0 Å². The predicted molar refractivity (Wildman–Crippen MR) is 131 cm³/mol. The summed E-state index contributed by atoms with van der Waals surface area (Å²) in [6, 6.07) is 9.95. The van der Waals surface area contributed by atoms with Crippen molar-refractivity contribution in [3.8, 4) is 0 Å².